The van der Waals surface area contributed by atoms with Crippen molar-refractivity contribution in [2.75, 3.05) is 0 Å². The summed E-state index contributed by atoms with van der Waals surface area (Å²) in [6, 6.07) is 8.41. The average Bonchev–Trinajstić information content (AvgIpc) is 3.03. The Hall–Kier alpha value is -4.07. The Kier molecular flexibility index (Phi) is 5.68. The summed E-state index contributed by atoms with van der Waals surface area (Å²) in [5.74, 6) is -0.973. The summed E-state index contributed by atoms with van der Waals surface area (Å²) in [5, 5.41) is 23.0. The third-order valence-electron chi connectivity index (χ3n) is 5.93. The minimum absolute atomic E-state index is 0.0315. The van der Waals surface area contributed by atoms with E-state index in [1.165, 1.54) is 12.1 Å². The highest BCUT2D eigenvalue weighted by Gasteiger charge is 2.23. The van der Waals surface area contributed by atoms with Gasteiger partial charge in [-0.2, -0.15) is 0 Å². The molecule has 1 atom stereocenters. The fraction of sp³-hybridized carbons (Fsp3) is 0.240. The second-order valence-corrected chi connectivity index (χ2v) is 8.13. The molecule has 4 aromatic rings. The van der Waals surface area contributed by atoms with Crippen LogP contribution in [0.5, 0.6) is 5.75 Å². The molecular formula is C25H23NO7. The van der Waals surface area contributed by atoms with Crippen molar-refractivity contribution in [2.24, 2.45) is 0 Å². The van der Waals surface area contributed by atoms with E-state index in [1.54, 1.807) is 25.1 Å². The first-order valence-corrected chi connectivity index (χ1v) is 10.4. The molecule has 4 rings (SSSR count). The lowest BCUT2D eigenvalue weighted by atomic mass is 10.0. The van der Waals surface area contributed by atoms with Gasteiger partial charge in [0.05, 0.1) is 12.0 Å². The van der Waals surface area contributed by atoms with Crippen LogP contribution in [0.25, 0.3) is 21.9 Å². The number of phenolic OH excluding ortho intramolecular Hbond substituents is 1. The summed E-state index contributed by atoms with van der Waals surface area (Å²) in [5.41, 5.74) is 2.71. The number of aromatic hydroxyl groups is 1. The number of carboxylic acids is 1. The van der Waals surface area contributed by atoms with Crippen molar-refractivity contribution in [2.45, 2.75) is 39.7 Å². The number of fused-ring (bicyclic) bond motifs is 2. The lowest BCUT2D eigenvalue weighted by molar-refractivity contribution is -0.141. The number of carboxylic acid groups (broad SMARTS) is 1. The molecule has 2 aromatic carbocycles. The third kappa shape index (κ3) is 4.32. The average molecular weight is 449 g/mol. The number of aryl methyl sites for hydroxylation is 3. The summed E-state index contributed by atoms with van der Waals surface area (Å²) in [6.07, 6.45) is -0.283. The highest BCUT2D eigenvalue weighted by atomic mass is 16.4. The van der Waals surface area contributed by atoms with Gasteiger partial charge in [0, 0.05) is 23.3 Å². The quantitative estimate of drug-likeness (QED) is 0.384. The molecule has 8 nitrogen and oxygen atoms in total. The topological polar surface area (TPSA) is 130 Å². The van der Waals surface area contributed by atoms with Gasteiger partial charge in [0.25, 0.3) is 0 Å². The zero-order chi connectivity index (χ0) is 23.9. The molecule has 1 amide bonds. The van der Waals surface area contributed by atoms with Gasteiger partial charge in [-0.25, -0.2) is 9.59 Å². The number of hydrogen-bond donors (Lipinski definition) is 3. The molecule has 2 heterocycles. The van der Waals surface area contributed by atoms with E-state index in [-0.39, 0.29) is 24.2 Å². The summed E-state index contributed by atoms with van der Waals surface area (Å²) < 4.78 is 11.2. The van der Waals surface area contributed by atoms with E-state index < -0.39 is 23.5 Å². The number of hydrogen-bond acceptors (Lipinski definition) is 6. The van der Waals surface area contributed by atoms with Crippen LogP contribution in [0.15, 0.2) is 50.0 Å². The van der Waals surface area contributed by atoms with E-state index in [2.05, 4.69) is 5.32 Å². The molecule has 0 aliphatic rings. The minimum atomic E-state index is -1.20. The van der Waals surface area contributed by atoms with E-state index in [1.807, 2.05) is 19.9 Å². The predicted molar refractivity (Wildman–Crippen MR) is 122 cm³/mol. The van der Waals surface area contributed by atoms with Crippen LogP contribution >= 0.6 is 0 Å². The number of carbonyl (C=O) groups excluding carboxylic acids is 1. The molecule has 8 heteroatoms. The second-order valence-electron chi connectivity index (χ2n) is 8.13. The van der Waals surface area contributed by atoms with Crippen LogP contribution in [-0.4, -0.2) is 28.1 Å². The van der Waals surface area contributed by atoms with Crippen LogP contribution in [0.4, 0.5) is 0 Å². The molecule has 170 valence electrons. The van der Waals surface area contributed by atoms with Crippen molar-refractivity contribution in [3.63, 3.8) is 0 Å². The first-order chi connectivity index (χ1) is 15.6. The lowest BCUT2D eigenvalue weighted by Gasteiger charge is -2.15. The summed E-state index contributed by atoms with van der Waals surface area (Å²) >= 11 is 0. The molecule has 0 saturated carbocycles. The Morgan fingerprint density at radius 3 is 2.27 bits per heavy atom. The first-order valence-electron chi connectivity index (χ1n) is 10.4. The fourth-order valence-corrected chi connectivity index (χ4v) is 3.90. The predicted octanol–water partition coefficient (Wildman–Crippen LogP) is 3.52. The molecule has 0 bridgehead atoms. The Morgan fingerprint density at radius 2 is 1.61 bits per heavy atom. The largest absolute Gasteiger partial charge is 0.508 e. The van der Waals surface area contributed by atoms with Crippen LogP contribution in [0, 0.1) is 20.8 Å². The van der Waals surface area contributed by atoms with Gasteiger partial charge in [0.15, 0.2) is 0 Å². The van der Waals surface area contributed by atoms with Gasteiger partial charge in [0.2, 0.25) is 5.91 Å². The second kappa shape index (κ2) is 8.46. The number of amides is 1. The molecule has 0 aliphatic heterocycles. The number of benzene rings is 2. The maximum Gasteiger partial charge on any atom is 0.340 e. The Morgan fingerprint density at radius 1 is 0.970 bits per heavy atom. The molecule has 33 heavy (non-hydrogen) atoms. The minimum Gasteiger partial charge on any atom is -0.508 e. The number of furan rings is 1. The number of phenols is 1. The number of carbonyl (C=O) groups is 2. The van der Waals surface area contributed by atoms with E-state index in [9.17, 15) is 24.6 Å². The van der Waals surface area contributed by atoms with Crippen LogP contribution in [0.2, 0.25) is 0 Å². The molecule has 3 N–H and O–H groups in total. The fourth-order valence-electron chi connectivity index (χ4n) is 3.90. The Bertz CT molecular complexity index is 1440. The molecule has 0 spiro atoms. The van der Waals surface area contributed by atoms with Crippen molar-refractivity contribution in [3.05, 3.63) is 74.8 Å². The van der Waals surface area contributed by atoms with Crippen LogP contribution in [0.1, 0.15) is 28.0 Å². The van der Waals surface area contributed by atoms with Crippen molar-refractivity contribution in [1.82, 2.24) is 5.32 Å². The van der Waals surface area contributed by atoms with Gasteiger partial charge in [0.1, 0.15) is 28.7 Å². The molecule has 0 saturated heterocycles. The van der Waals surface area contributed by atoms with Crippen LogP contribution in [0.3, 0.4) is 0 Å². The molecule has 0 aliphatic carbocycles. The van der Waals surface area contributed by atoms with Gasteiger partial charge >= 0.3 is 11.6 Å². The SMILES string of the molecule is Cc1oc2cc3oc(=O)c(CC(=O)N[C@H](Cc4ccc(O)cc4)C(=O)O)c(C)c3cc2c1C. The van der Waals surface area contributed by atoms with Crippen molar-refractivity contribution in [3.8, 4) is 5.75 Å². The number of rotatable bonds is 6. The standard InChI is InChI=1S/C25H23NO7/c1-12-14(3)32-21-11-22-18(9-17(12)21)13(2)19(25(31)33-22)10-23(28)26-20(24(29)30)8-15-4-6-16(27)7-5-15/h4-7,9,11,20,27H,8,10H2,1-3H3,(H,26,28)(H,29,30)/t20-/m1/s1. The number of nitrogens with one attached hydrogen (secondary N) is 1. The van der Waals surface area contributed by atoms with E-state index in [0.29, 0.717) is 27.7 Å². The maximum atomic E-state index is 12.7. The normalized spacial score (nSPS) is 12.2. The highest BCUT2D eigenvalue weighted by Crippen LogP contribution is 2.31. The molecule has 2 aromatic heterocycles. The highest BCUT2D eigenvalue weighted by molar-refractivity contribution is 5.97. The zero-order valence-corrected chi connectivity index (χ0v) is 18.4. The van der Waals surface area contributed by atoms with Gasteiger partial charge < -0.3 is 24.4 Å². The molecular weight excluding hydrogens is 426 g/mol. The summed E-state index contributed by atoms with van der Waals surface area (Å²) in [4.78, 5) is 37.0. The van der Waals surface area contributed by atoms with Crippen molar-refractivity contribution in [1.29, 1.82) is 0 Å². The maximum absolute atomic E-state index is 12.7. The smallest absolute Gasteiger partial charge is 0.340 e. The Balaban J connectivity index is 1.61. The van der Waals surface area contributed by atoms with Gasteiger partial charge in [-0.1, -0.05) is 12.1 Å². The van der Waals surface area contributed by atoms with Crippen LogP contribution in [-0.2, 0) is 22.4 Å². The monoisotopic (exact) mass is 449 g/mol. The van der Waals surface area contributed by atoms with Crippen molar-refractivity contribution < 1.29 is 28.6 Å². The number of aliphatic carboxylic acids is 1. The molecule has 0 radical (unpaired) electrons. The summed E-state index contributed by atoms with van der Waals surface area (Å²) in [7, 11) is 0. The lowest BCUT2D eigenvalue weighted by Crippen LogP contribution is -2.43. The van der Waals surface area contributed by atoms with Gasteiger partial charge in [-0.3, -0.25) is 4.79 Å². The van der Waals surface area contributed by atoms with Gasteiger partial charge in [-0.05, 0) is 55.7 Å². The Labute approximate surface area is 188 Å². The zero-order valence-electron chi connectivity index (χ0n) is 18.4. The molecule has 0 fully saturated rings. The van der Waals surface area contributed by atoms with Gasteiger partial charge in [-0.15, -0.1) is 0 Å². The van der Waals surface area contributed by atoms with E-state index >= 15 is 0 Å². The third-order valence-corrected chi connectivity index (χ3v) is 5.93. The van der Waals surface area contributed by atoms with E-state index in [4.69, 9.17) is 8.83 Å². The van der Waals surface area contributed by atoms with E-state index in [0.717, 1.165) is 16.7 Å². The first kappa shape index (κ1) is 22.1. The summed E-state index contributed by atoms with van der Waals surface area (Å²) in [6.45, 7) is 5.53. The molecule has 0 unspecified atom stereocenters. The van der Waals surface area contributed by atoms with Crippen LogP contribution < -0.4 is 10.9 Å². The van der Waals surface area contributed by atoms with Crippen molar-refractivity contribution >= 4 is 33.8 Å².